The summed E-state index contributed by atoms with van der Waals surface area (Å²) in [5.74, 6) is -0.851. The molecule has 1 aromatic rings. The second kappa shape index (κ2) is 7.49. The fraction of sp³-hybridized carbons (Fsp3) is 0.500. The van der Waals surface area contributed by atoms with Gasteiger partial charge < -0.3 is 0 Å². The van der Waals surface area contributed by atoms with Crippen molar-refractivity contribution in [1.82, 2.24) is 4.72 Å². The van der Waals surface area contributed by atoms with E-state index < -0.39 is 26.6 Å². The first-order valence-electron chi connectivity index (χ1n) is 5.95. The van der Waals surface area contributed by atoms with Crippen LogP contribution in [0.5, 0.6) is 0 Å². The van der Waals surface area contributed by atoms with E-state index in [1.165, 1.54) is 12.1 Å². The Kier molecular flexibility index (Phi) is 6.57. The largest absolute Gasteiger partial charge is 0.260 e. The minimum Gasteiger partial charge on any atom is -0.260 e. The lowest BCUT2D eigenvalue weighted by Crippen LogP contribution is -2.28. The summed E-state index contributed by atoms with van der Waals surface area (Å²) in [6.45, 7) is 2.02. The summed E-state index contributed by atoms with van der Waals surface area (Å²) in [7, 11) is -4.49. The van der Waals surface area contributed by atoms with Crippen LogP contribution in [0.15, 0.2) is 18.2 Å². The zero-order valence-corrected chi connectivity index (χ0v) is 13.6. The van der Waals surface area contributed by atoms with Crippen molar-refractivity contribution >= 4 is 32.4 Å². The van der Waals surface area contributed by atoms with Gasteiger partial charge in [0.05, 0.1) is 10.8 Å². The number of nitrogens with one attached hydrogen (secondary N) is 1. The van der Waals surface area contributed by atoms with Crippen LogP contribution in [0.25, 0.3) is 0 Å². The van der Waals surface area contributed by atoms with Gasteiger partial charge in [0.2, 0.25) is 10.0 Å². The van der Waals surface area contributed by atoms with Crippen molar-refractivity contribution < 1.29 is 17.0 Å². The van der Waals surface area contributed by atoms with Gasteiger partial charge in [-0.1, -0.05) is 24.6 Å². The van der Waals surface area contributed by atoms with Crippen molar-refractivity contribution in [2.75, 3.05) is 12.8 Å². The van der Waals surface area contributed by atoms with Gasteiger partial charge in [-0.2, -0.15) is 0 Å². The van der Waals surface area contributed by atoms with Gasteiger partial charge in [0.25, 0.3) is 0 Å². The summed E-state index contributed by atoms with van der Waals surface area (Å²) in [5.41, 5.74) is 0.413. The maximum atomic E-state index is 13.0. The van der Waals surface area contributed by atoms with E-state index in [2.05, 4.69) is 4.72 Å². The molecule has 0 heterocycles. The standard InChI is InChI=1S/C12H17ClFNO3S2/c1-9(19(2)16)5-6-15-20(17,18)8-10-3-4-12(14)11(13)7-10/h3-4,7,9,15H,5-6,8H2,1-2H3/t9-,19-/m0/s1. The fourth-order valence-corrected chi connectivity index (χ4v) is 3.29. The van der Waals surface area contributed by atoms with Crippen LogP contribution < -0.4 is 4.72 Å². The van der Waals surface area contributed by atoms with Crippen LogP contribution in [0.2, 0.25) is 5.02 Å². The highest BCUT2D eigenvalue weighted by Gasteiger charge is 2.14. The Balaban J connectivity index is 2.57. The van der Waals surface area contributed by atoms with Crippen molar-refractivity contribution in [2.24, 2.45) is 0 Å². The Bertz CT molecular complexity index is 592. The van der Waals surface area contributed by atoms with Crippen LogP contribution in [0.1, 0.15) is 18.9 Å². The van der Waals surface area contributed by atoms with Crippen LogP contribution in [-0.2, 0) is 26.6 Å². The first kappa shape index (κ1) is 17.6. The van der Waals surface area contributed by atoms with Crippen molar-refractivity contribution in [3.63, 3.8) is 0 Å². The molecule has 1 rings (SSSR count). The molecule has 4 nitrogen and oxygen atoms in total. The molecule has 0 fully saturated rings. The van der Waals surface area contributed by atoms with Crippen LogP contribution in [0, 0.1) is 5.82 Å². The zero-order chi connectivity index (χ0) is 15.3. The van der Waals surface area contributed by atoms with E-state index in [4.69, 9.17) is 11.6 Å². The van der Waals surface area contributed by atoms with Crippen molar-refractivity contribution in [3.05, 3.63) is 34.6 Å². The second-order valence-corrected chi connectivity index (χ2v) is 8.52. The van der Waals surface area contributed by atoms with Crippen LogP contribution >= 0.6 is 11.6 Å². The Morgan fingerprint density at radius 2 is 2.10 bits per heavy atom. The second-order valence-electron chi connectivity index (χ2n) is 4.50. The molecular formula is C12H17ClFNO3S2. The van der Waals surface area contributed by atoms with E-state index in [-0.39, 0.29) is 22.6 Å². The minimum atomic E-state index is -3.52. The van der Waals surface area contributed by atoms with Gasteiger partial charge in [-0.3, -0.25) is 4.21 Å². The van der Waals surface area contributed by atoms with Gasteiger partial charge >= 0.3 is 0 Å². The third kappa shape index (κ3) is 5.87. The number of benzene rings is 1. The lowest BCUT2D eigenvalue weighted by Gasteiger charge is -2.10. The van der Waals surface area contributed by atoms with Gasteiger partial charge in [-0.15, -0.1) is 0 Å². The third-order valence-corrected chi connectivity index (χ3v) is 5.80. The molecule has 0 unspecified atom stereocenters. The molecule has 2 atom stereocenters. The molecule has 114 valence electrons. The molecule has 0 aliphatic heterocycles. The molecule has 0 saturated heterocycles. The SMILES string of the molecule is C[C@@H](CCNS(=O)(=O)Cc1ccc(F)c(Cl)c1)[S@](C)=O. The molecule has 0 amide bonds. The summed E-state index contributed by atoms with van der Waals surface area (Å²) in [6.07, 6.45) is 2.08. The number of sulfonamides is 1. The molecule has 0 radical (unpaired) electrons. The predicted molar refractivity (Wildman–Crippen MR) is 80.2 cm³/mol. The number of halogens is 2. The third-order valence-electron chi connectivity index (χ3n) is 2.78. The summed E-state index contributed by atoms with van der Waals surface area (Å²) < 4.78 is 50.2. The summed E-state index contributed by atoms with van der Waals surface area (Å²) in [4.78, 5) is 0. The molecule has 8 heteroatoms. The van der Waals surface area contributed by atoms with E-state index in [0.29, 0.717) is 12.0 Å². The molecule has 0 saturated carbocycles. The van der Waals surface area contributed by atoms with Gasteiger partial charge in [0.15, 0.2) is 0 Å². The maximum Gasteiger partial charge on any atom is 0.215 e. The predicted octanol–water partition coefficient (Wildman–Crippen LogP) is 2.06. The van der Waals surface area contributed by atoms with Crippen molar-refractivity contribution in [2.45, 2.75) is 24.3 Å². The Morgan fingerprint density at radius 3 is 2.65 bits per heavy atom. The lowest BCUT2D eigenvalue weighted by atomic mass is 10.2. The van der Waals surface area contributed by atoms with Crippen LogP contribution in [0.4, 0.5) is 4.39 Å². The van der Waals surface area contributed by atoms with E-state index in [0.717, 1.165) is 6.07 Å². The lowest BCUT2D eigenvalue weighted by molar-refractivity contribution is 0.576. The van der Waals surface area contributed by atoms with Gasteiger partial charge in [0, 0.05) is 28.9 Å². The highest BCUT2D eigenvalue weighted by Crippen LogP contribution is 2.17. The normalized spacial score (nSPS) is 15.0. The van der Waals surface area contributed by atoms with Gasteiger partial charge in [0.1, 0.15) is 5.82 Å². The Labute approximate surface area is 126 Å². The highest BCUT2D eigenvalue weighted by atomic mass is 35.5. The molecule has 0 aromatic heterocycles. The molecule has 0 bridgehead atoms. The van der Waals surface area contributed by atoms with E-state index in [1.807, 2.05) is 0 Å². The Hall–Kier alpha value is -0.500. The molecule has 20 heavy (non-hydrogen) atoms. The van der Waals surface area contributed by atoms with Crippen molar-refractivity contribution in [3.8, 4) is 0 Å². The fourth-order valence-electron chi connectivity index (χ4n) is 1.48. The molecule has 0 spiro atoms. The smallest absolute Gasteiger partial charge is 0.215 e. The molecule has 0 aliphatic rings. The number of rotatable bonds is 7. The minimum absolute atomic E-state index is 0.0713. The van der Waals surface area contributed by atoms with Gasteiger partial charge in [-0.05, 0) is 24.1 Å². The summed E-state index contributed by atoms with van der Waals surface area (Å²) >= 11 is 5.60. The van der Waals surface area contributed by atoms with E-state index >= 15 is 0 Å². The number of hydrogen-bond acceptors (Lipinski definition) is 3. The van der Waals surface area contributed by atoms with Gasteiger partial charge in [-0.25, -0.2) is 17.5 Å². The molecule has 0 aliphatic carbocycles. The first-order chi connectivity index (χ1) is 9.21. The highest BCUT2D eigenvalue weighted by molar-refractivity contribution is 7.88. The maximum absolute atomic E-state index is 13.0. The Morgan fingerprint density at radius 1 is 1.45 bits per heavy atom. The monoisotopic (exact) mass is 341 g/mol. The zero-order valence-electron chi connectivity index (χ0n) is 11.2. The van der Waals surface area contributed by atoms with Crippen molar-refractivity contribution in [1.29, 1.82) is 0 Å². The van der Waals surface area contributed by atoms with Crippen LogP contribution in [-0.4, -0.2) is 30.7 Å². The average molecular weight is 342 g/mol. The first-order valence-corrected chi connectivity index (χ1v) is 9.60. The van der Waals surface area contributed by atoms with E-state index in [9.17, 15) is 17.0 Å². The summed E-state index contributed by atoms with van der Waals surface area (Å²) in [6, 6.07) is 3.81. The topological polar surface area (TPSA) is 63.2 Å². The quantitative estimate of drug-likeness (QED) is 0.825. The molecule has 1 aromatic carbocycles. The van der Waals surface area contributed by atoms with E-state index in [1.54, 1.807) is 13.2 Å². The average Bonchev–Trinajstić information content (AvgIpc) is 2.33. The summed E-state index contributed by atoms with van der Waals surface area (Å²) in [5, 5.41) is -0.175. The molecular weight excluding hydrogens is 325 g/mol. The number of hydrogen-bond donors (Lipinski definition) is 1. The van der Waals surface area contributed by atoms with Crippen LogP contribution in [0.3, 0.4) is 0 Å². The molecule has 1 N–H and O–H groups in total.